The third-order valence-electron chi connectivity index (χ3n) is 2.38. The summed E-state index contributed by atoms with van der Waals surface area (Å²) in [6.45, 7) is 2.14. The minimum Gasteiger partial charge on any atom is -0.501 e. The Morgan fingerprint density at radius 3 is 2.73 bits per heavy atom. The maximum Gasteiger partial charge on any atom is 0.306 e. The first-order valence-electron chi connectivity index (χ1n) is 5.13. The molecular weight excluding hydrogens is 196 g/mol. The fourth-order valence-corrected chi connectivity index (χ4v) is 1.65. The van der Waals surface area contributed by atoms with Gasteiger partial charge in [0, 0.05) is 24.8 Å². The van der Waals surface area contributed by atoms with Gasteiger partial charge in [0.1, 0.15) is 5.76 Å². The Bertz CT molecular complexity index is 291. The van der Waals surface area contributed by atoms with Crippen molar-refractivity contribution in [3.63, 3.8) is 0 Å². The molecule has 0 atom stereocenters. The Kier molecular flexibility index (Phi) is 4.34. The van der Waals surface area contributed by atoms with E-state index in [-0.39, 0.29) is 18.2 Å². The first-order chi connectivity index (χ1) is 7.19. The van der Waals surface area contributed by atoms with Gasteiger partial charge in [0.25, 0.3) is 0 Å². The number of Topliss-reactive ketones (excluding diaryl/α,β-unsaturated/α-hetero) is 1. The molecule has 0 radical (unpaired) electrons. The van der Waals surface area contributed by atoms with E-state index >= 15 is 0 Å². The first kappa shape index (κ1) is 11.8. The highest BCUT2D eigenvalue weighted by atomic mass is 16.5. The van der Waals surface area contributed by atoms with E-state index < -0.39 is 0 Å². The lowest BCUT2D eigenvalue weighted by molar-refractivity contribution is -0.143. The molecular formula is C11H16O4. The molecule has 0 saturated heterocycles. The highest BCUT2D eigenvalue weighted by molar-refractivity contribution is 5.98. The van der Waals surface area contributed by atoms with Crippen LogP contribution in [-0.2, 0) is 19.1 Å². The molecule has 0 aromatic heterocycles. The quantitative estimate of drug-likeness (QED) is 0.649. The number of allylic oxidation sites excluding steroid dienone is 2. The molecule has 0 amide bonds. The van der Waals surface area contributed by atoms with Gasteiger partial charge in [-0.2, -0.15) is 0 Å². The average molecular weight is 212 g/mol. The number of hydrogen-bond acceptors (Lipinski definition) is 4. The van der Waals surface area contributed by atoms with Crippen LogP contribution >= 0.6 is 0 Å². The number of hydrogen-bond donors (Lipinski definition) is 0. The van der Waals surface area contributed by atoms with Gasteiger partial charge in [-0.25, -0.2) is 0 Å². The normalized spacial score (nSPS) is 15.7. The van der Waals surface area contributed by atoms with E-state index in [0.29, 0.717) is 31.4 Å². The molecule has 1 aliphatic carbocycles. The number of esters is 1. The van der Waals surface area contributed by atoms with Crippen LogP contribution < -0.4 is 0 Å². The lowest BCUT2D eigenvalue weighted by Gasteiger charge is -2.04. The van der Waals surface area contributed by atoms with Crippen LogP contribution in [-0.4, -0.2) is 25.5 Å². The fraction of sp³-hybridized carbons (Fsp3) is 0.636. The number of ether oxygens (including phenoxy) is 2. The molecule has 1 aliphatic rings. The average Bonchev–Trinajstić information content (AvgIpc) is 2.57. The van der Waals surface area contributed by atoms with Crippen molar-refractivity contribution in [1.29, 1.82) is 0 Å². The predicted octanol–water partition coefficient (Wildman–Crippen LogP) is 1.59. The van der Waals surface area contributed by atoms with Gasteiger partial charge in [0.15, 0.2) is 5.78 Å². The lowest BCUT2D eigenvalue weighted by Crippen LogP contribution is -2.06. The van der Waals surface area contributed by atoms with Crippen LogP contribution in [0.25, 0.3) is 0 Å². The molecule has 0 heterocycles. The maximum absolute atomic E-state index is 11.4. The maximum atomic E-state index is 11.4. The third-order valence-corrected chi connectivity index (χ3v) is 2.38. The molecule has 0 spiro atoms. The van der Waals surface area contributed by atoms with Crippen molar-refractivity contribution in [2.24, 2.45) is 0 Å². The summed E-state index contributed by atoms with van der Waals surface area (Å²) in [4.78, 5) is 22.5. The molecule has 0 aromatic carbocycles. The van der Waals surface area contributed by atoms with E-state index in [1.54, 1.807) is 14.0 Å². The molecule has 0 fully saturated rings. The Morgan fingerprint density at radius 2 is 2.13 bits per heavy atom. The second-order valence-electron chi connectivity index (χ2n) is 3.33. The van der Waals surface area contributed by atoms with Gasteiger partial charge in [-0.3, -0.25) is 9.59 Å². The molecule has 4 heteroatoms. The van der Waals surface area contributed by atoms with Gasteiger partial charge in [0.2, 0.25) is 0 Å². The Balaban J connectivity index is 2.49. The standard InChI is InChI=1S/C11H16O4/c1-3-15-11(13)7-4-8-9(12)5-6-10(8)14-2/h3-7H2,1-2H3. The van der Waals surface area contributed by atoms with E-state index in [9.17, 15) is 9.59 Å². The van der Waals surface area contributed by atoms with E-state index in [2.05, 4.69) is 0 Å². The minimum absolute atomic E-state index is 0.0937. The number of methoxy groups -OCH3 is 1. The number of rotatable bonds is 5. The van der Waals surface area contributed by atoms with Gasteiger partial charge >= 0.3 is 5.97 Å². The lowest BCUT2D eigenvalue weighted by atomic mass is 10.1. The van der Waals surface area contributed by atoms with Crippen molar-refractivity contribution in [3.8, 4) is 0 Å². The van der Waals surface area contributed by atoms with Crippen molar-refractivity contribution >= 4 is 11.8 Å². The summed E-state index contributed by atoms with van der Waals surface area (Å²) < 4.78 is 9.89. The van der Waals surface area contributed by atoms with E-state index in [1.165, 1.54) is 0 Å². The fourth-order valence-electron chi connectivity index (χ4n) is 1.65. The molecule has 0 saturated carbocycles. The topological polar surface area (TPSA) is 52.6 Å². The summed E-state index contributed by atoms with van der Waals surface area (Å²) in [5, 5.41) is 0. The summed E-state index contributed by atoms with van der Waals surface area (Å²) in [5.74, 6) is 0.556. The van der Waals surface area contributed by atoms with Crippen molar-refractivity contribution in [2.45, 2.75) is 32.6 Å². The van der Waals surface area contributed by atoms with Gasteiger partial charge in [0.05, 0.1) is 13.7 Å². The molecule has 0 bridgehead atoms. The summed E-state index contributed by atoms with van der Waals surface area (Å²) in [7, 11) is 1.55. The number of carbonyl (C=O) groups is 2. The SMILES string of the molecule is CCOC(=O)CCC1=C(OC)CCC1=O. The third kappa shape index (κ3) is 3.08. The van der Waals surface area contributed by atoms with Crippen molar-refractivity contribution in [3.05, 3.63) is 11.3 Å². The first-order valence-corrected chi connectivity index (χ1v) is 5.13. The van der Waals surface area contributed by atoms with Gasteiger partial charge in [-0.1, -0.05) is 0 Å². The Morgan fingerprint density at radius 1 is 1.40 bits per heavy atom. The van der Waals surface area contributed by atoms with Crippen LogP contribution in [0.15, 0.2) is 11.3 Å². The highest BCUT2D eigenvalue weighted by Gasteiger charge is 2.24. The Labute approximate surface area is 89.2 Å². The largest absolute Gasteiger partial charge is 0.501 e. The molecule has 15 heavy (non-hydrogen) atoms. The summed E-state index contributed by atoms with van der Waals surface area (Å²) in [6.07, 6.45) is 1.84. The van der Waals surface area contributed by atoms with Crippen molar-refractivity contribution in [2.75, 3.05) is 13.7 Å². The monoisotopic (exact) mass is 212 g/mol. The molecule has 0 aliphatic heterocycles. The van der Waals surface area contributed by atoms with Crippen LogP contribution in [0.3, 0.4) is 0 Å². The number of ketones is 1. The van der Waals surface area contributed by atoms with Gasteiger partial charge < -0.3 is 9.47 Å². The zero-order valence-electron chi connectivity index (χ0n) is 9.17. The molecule has 0 unspecified atom stereocenters. The van der Waals surface area contributed by atoms with Crippen LogP contribution in [0.1, 0.15) is 32.6 Å². The second-order valence-corrected chi connectivity index (χ2v) is 3.33. The second kappa shape index (κ2) is 5.53. The van der Waals surface area contributed by atoms with Crippen LogP contribution in [0.5, 0.6) is 0 Å². The summed E-state index contributed by atoms with van der Waals surface area (Å²) >= 11 is 0. The summed E-state index contributed by atoms with van der Waals surface area (Å²) in [5.41, 5.74) is 0.658. The smallest absolute Gasteiger partial charge is 0.306 e. The zero-order valence-corrected chi connectivity index (χ0v) is 9.17. The minimum atomic E-state index is -0.264. The van der Waals surface area contributed by atoms with E-state index in [1.807, 2.05) is 0 Å². The van der Waals surface area contributed by atoms with Crippen LogP contribution in [0.2, 0.25) is 0 Å². The molecule has 0 aromatic rings. The molecule has 1 rings (SSSR count). The van der Waals surface area contributed by atoms with Crippen LogP contribution in [0, 0.1) is 0 Å². The van der Waals surface area contributed by atoms with E-state index in [4.69, 9.17) is 9.47 Å². The molecule has 0 N–H and O–H groups in total. The predicted molar refractivity (Wildman–Crippen MR) is 54.1 cm³/mol. The van der Waals surface area contributed by atoms with E-state index in [0.717, 1.165) is 5.76 Å². The summed E-state index contributed by atoms with van der Waals surface area (Å²) in [6, 6.07) is 0. The molecule has 4 nitrogen and oxygen atoms in total. The van der Waals surface area contributed by atoms with Gasteiger partial charge in [-0.05, 0) is 13.3 Å². The van der Waals surface area contributed by atoms with Gasteiger partial charge in [-0.15, -0.1) is 0 Å². The molecule has 84 valence electrons. The Hall–Kier alpha value is -1.32. The van der Waals surface area contributed by atoms with Crippen molar-refractivity contribution < 1.29 is 19.1 Å². The van der Waals surface area contributed by atoms with Crippen LogP contribution in [0.4, 0.5) is 0 Å². The zero-order chi connectivity index (χ0) is 11.3. The highest BCUT2D eigenvalue weighted by Crippen LogP contribution is 2.26. The number of carbonyl (C=O) groups excluding carboxylic acids is 2. The van der Waals surface area contributed by atoms with Crippen molar-refractivity contribution in [1.82, 2.24) is 0 Å².